The largest absolute Gasteiger partial charge is 0.478 e. The second-order valence-electron chi connectivity index (χ2n) is 3.62. The van der Waals surface area contributed by atoms with Crippen molar-refractivity contribution in [2.75, 3.05) is 0 Å². The van der Waals surface area contributed by atoms with E-state index in [0.717, 1.165) is 6.07 Å². The Balaban J connectivity index is 2.43. The lowest BCUT2D eigenvalue weighted by molar-refractivity contribution is 0.0694. The highest BCUT2D eigenvalue weighted by Crippen LogP contribution is 2.33. The van der Waals surface area contributed by atoms with Gasteiger partial charge in [0.25, 0.3) is 0 Å². The minimum Gasteiger partial charge on any atom is -0.478 e. The predicted molar refractivity (Wildman–Crippen MR) is 72.6 cm³/mol. The van der Waals surface area contributed by atoms with Crippen molar-refractivity contribution < 1.29 is 19.0 Å². The van der Waals surface area contributed by atoms with Crippen molar-refractivity contribution in [2.45, 2.75) is 0 Å². The van der Waals surface area contributed by atoms with E-state index in [4.69, 9.17) is 21.4 Å². The molecule has 0 aliphatic carbocycles. The molecule has 0 bridgehead atoms. The minimum atomic E-state index is -1.18. The van der Waals surface area contributed by atoms with E-state index in [2.05, 4.69) is 15.9 Å². The zero-order valence-corrected chi connectivity index (χ0v) is 11.7. The summed E-state index contributed by atoms with van der Waals surface area (Å²) in [5.41, 5.74) is -0.0938. The highest BCUT2D eigenvalue weighted by molar-refractivity contribution is 9.10. The molecule has 0 unspecified atom stereocenters. The third-order valence-electron chi connectivity index (χ3n) is 2.29. The number of carboxylic acid groups (broad SMARTS) is 1. The molecule has 0 saturated heterocycles. The molecular formula is C13H7BrClFO3. The molecule has 98 valence electrons. The second-order valence-corrected chi connectivity index (χ2v) is 4.91. The summed E-state index contributed by atoms with van der Waals surface area (Å²) >= 11 is 8.93. The Bertz CT molecular complexity index is 646. The van der Waals surface area contributed by atoms with E-state index in [1.165, 1.54) is 30.3 Å². The van der Waals surface area contributed by atoms with E-state index in [1.807, 2.05) is 0 Å². The van der Waals surface area contributed by atoms with Crippen LogP contribution >= 0.6 is 27.5 Å². The van der Waals surface area contributed by atoms with Crippen LogP contribution in [0.4, 0.5) is 4.39 Å². The Labute approximate surface area is 121 Å². The van der Waals surface area contributed by atoms with E-state index in [1.54, 1.807) is 0 Å². The fourth-order valence-corrected chi connectivity index (χ4v) is 1.93. The molecule has 0 aliphatic heterocycles. The van der Waals surface area contributed by atoms with Gasteiger partial charge in [0.15, 0.2) is 0 Å². The number of halogens is 3. The van der Waals surface area contributed by atoms with Gasteiger partial charge >= 0.3 is 5.97 Å². The summed E-state index contributed by atoms with van der Waals surface area (Å²) in [4.78, 5) is 11.1. The lowest BCUT2D eigenvalue weighted by Gasteiger charge is -2.10. The first-order chi connectivity index (χ1) is 8.97. The third-order valence-corrected chi connectivity index (χ3v) is 3.18. The quantitative estimate of drug-likeness (QED) is 0.874. The van der Waals surface area contributed by atoms with Crippen molar-refractivity contribution in [3.63, 3.8) is 0 Å². The lowest BCUT2D eigenvalue weighted by Crippen LogP contribution is -2.00. The van der Waals surface area contributed by atoms with Crippen LogP contribution in [-0.4, -0.2) is 11.1 Å². The smallest absolute Gasteiger partial charge is 0.339 e. The van der Waals surface area contributed by atoms with Gasteiger partial charge in [-0.1, -0.05) is 11.6 Å². The molecule has 6 heteroatoms. The molecule has 0 heterocycles. The van der Waals surface area contributed by atoms with Crippen LogP contribution in [0.3, 0.4) is 0 Å². The highest BCUT2D eigenvalue weighted by atomic mass is 79.9. The summed E-state index contributed by atoms with van der Waals surface area (Å²) in [6, 6.07) is 8.08. The second kappa shape index (κ2) is 5.59. The van der Waals surface area contributed by atoms with Crippen molar-refractivity contribution in [1.29, 1.82) is 0 Å². The minimum absolute atomic E-state index is 0.0863. The normalized spacial score (nSPS) is 10.3. The van der Waals surface area contributed by atoms with Gasteiger partial charge < -0.3 is 9.84 Å². The van der Waals surface area contributed by atoms with Crippen molar-refractivity contribution >= 4 is 33.5 Å². The Kier molecular flexibility index (Phi) is 4.07. The average molecular weight is 346 g/mol. The summed E-state index contributed by atoms with van der Waals surface area (Å²) in [5.74, 6) is -1.39. The van der Waals surface area contributed by atoms with Gasteiger partial charge in [0.05, 0.1) is 4.47 Å². The van der Waals surface area contributed by atoms with Crippen LogP contribution in [0.1, 0.15) is 10.4 Å². The number of aromatic carboxylic acids is 1. The first-order valence-corrected chi connectivity index (χ1v) is 6.30. The van der Waals surface area contributed by atoms with E-state index in [-0.39, 0.29) is 22.1 Å². The molecule has 0 amide bonds. The van der Waals surface area contributed by atoms with Gasteiger partial charge in [-0.05, 0) is 46.3 Å². The number of hydrogen-bond acceptors (Lipinski definition) is 2. The number of ether oxygens (including phenoxy) is 1. The molecular weight excluding hydrogens is 338 g/mol. The molecule has 2 rings (SSSR count). The monoisotopic (exact) mass is 344 g/mol. The number of carbonyl (C=O) groups is 1. The number of carboxylic acids is 1. The Morgan fingerprint density at radius 2 is 1.95 bits per heavy atom. The van der Waals surface area contributed by atoms with E-state index in [9.17, 15) is 9.18 Å². The van der Waals surface area contributed by atoms with Crippen LogP contribution in [0.25, 0.3) is 0 Å². The Morgan fingerprint density at radius 1 is 1.21 bits per heavy atom. The van der Waals surface area contributed by atoms with Crippen LogP contribution in [0.15, 0.2) is 40.9 Å². The molecule has 0 aliphatic rings. The van der Waals surface area contributed by atoms with Gasteiger partial charge in [0, 0.05) is 11.1 Å². The fourth-order valence-electron chi connectivity index (χ4n) is 1.43. The molecule has 0 fully saturated rings. The molecule has 2 aromatic carbocycles. The number of rotatable bonds is 3. The standard InChI is InChI=1S/C13H7BrClFO3/c14-10-3-2-8(16)6-12(10)19-11-4-1-7(15)5-9(11)13(17)18/h1-6H,(H,17,18). The van der Waals surface area contributed by atoms with Crippen molar-refractivity contribution in [1.82, 2.24) is 0 Å². The van der Waals surface area contributed by atoms with Gasteiger partial charge in [0.1, 0.15) is 22.9 Å². The first-order valence-electron chi connectivity index (χ1n) is 5.13. The zero-order valence-electron chi connectivity index (χ0n) is 9.36. The van der Waals surface area contributed by atoms with Crippen LogP contribution < -0.4 is 4.74 Å². The summed E-state index contributed by atoms with van der Waals surface area (Å²) in [6.45, 7) is 0. The average Bonchev–Trinajstić information content (AvgIpc) is 2.35. The van der Waals surface area contributed by atoms with Crippen LogP contribution in [-0.2, 0) is 0 Å². The molecule has 1 N–H and O–H groups in total. The van der Waals surface area contributed by atoms with Crippen molar-refractivity contribution in [2.24, 2.45) is 0 Å². The van der Waals surface area contributed by atoms with Gasteiger partial charge in [-0.3, -0.25) is 0 Å². The fraction of sp³-hybridized carbons (Fsp3) is 0. The molecule has 0 saturated carbocycles. The topological polar surface area (TPSA) is 46.5 Å². The maximum Gasteiger partial charge on any atom is 0.339 e. The predicted octanol–water partition coefficient (Wildman–Crippen LogP) is 4.73. The Hall–Kier alpha value is -1.59. The maximum absolute atomic E-state index is 13.1. The van der Waals surface area contributed by atoms with E-state index in [0.29, 0.717) is 4.47 Å². The van der Waals surface area contributed by atoms with Crippen LogP contribution in [0, 0.1) is 5.82 Å². The van der Waals surface area contributed by atoms with Crippen molar-refractivity contribution in [3.8, 4) is 11.5 Å². The molecule has 0 atom stereocenters. The number of hydrogen-bond donors (Lipinski definition) is 1. The van der Waals surface area contributed by atoms with Gasteiger partial charge in [-0.25, -0.2) is 9.18 Å². The SMILES string of the molecule is O=C(O)c1cc(Cl)ccc1Oc1cc(F)ccc1Br. The number of benzene rings is 2. The Morgan fingerprint density at radius 3 is 2.63 bits per heavy atom. The van der Waals surface area contributed by atoms with Crippen LogP contribution in [0.5, 0.6) is 11.5 Å². The molecule has 2 aromatic rings. The van der Waals surface area contributed by atoms with Gasteiger partial charge in [0.2, 0.25) is 0 Å². The molecule has 0 radical (unpaired) electrons. The maximum atomic E-state index is 13.1. The van der Waals surface area contributed by atoms with Gasteiger partial charge in [-0.2, -0.15) is 0 Å². The first kappa shape index (κ1) is 13.8. The summed E-state index contributed by atoms with van der Waals surface area (Å²) in [6.07, 6.45) is 0. The summed E-state index contributed by atoms with van der Waals surface area (Å²) in [5, 5.41) is 9.35. The lowest BCUT2D eigenvalue weighted by atomic mass is 10.2. The van der Waals surface area contributed by atoms with Crippen molar-refractivity contribution in [3.05, 3.63) is 57.3 Å². The molecule has 0 aromatic heterocycles. The molecule has 19 heavy (non-hydrogen) atoms. The van der Waals surface area contributed by atoms with E-state index >= 15 is 0 Å². The highest BCUT2D eigenvalue weighted by Gasteiger charge is 2.14. The zero-order chi connectivity index (χ0) is 14.0. The van der Waals surface area contributed by atoms with Crippen LogP contribution in [0.2, 0.25) is 5.02 Å². The molecule has 3 nitrogen and oxygen atoms in total. The van der Waals surface area contributed by atoms with Gasteiger partial charge in [-0.15, -0.1) is 0 Å². The third kappa shape index (κ3) is 3.24. The summed E-state index contributed by atoms with van der Waals surface area (Å²) in [7, 11) is 0. The summed E-state index contributed by atoms with van der Waals surface area (Å²) < 4.78 is 19.1. The molecule has 0 spiro atoms. The van der Waals surface area contributed by atoms with E-state index < -0.39 is 11.8 Å².